The van der Waals surface area contributed by atoms with Gasteiger partial charge in [-0.25, -0.2) is 4.68 Å². The third-order valence-electron chi connectivity index (χ3n) is 3.02. The van der Waals surface area contributed by atoms with Gasteiger partial charge in [0.15, 0.2) is 0 Å². The SMILES string of the molecule is CNC1(C#N)CCC(Sc2nnnn2C)C1. The molecule has 0 spiro atoms. The summed E-state index contributed by atoms with van der Waals surface area (Å²) in [5.74, 6) is 0. The van der Waals surface area contributed by atoms with Crippen molar-refractivity contribution in [1.29, 1.82) is 5.26 Å². The third-order valence-corrected chi connectivity index (χ3v) is 4.31. The molecule has 2 atom stereocenters. The lowest BCUT2D eigenvalue weighted by Crippen LogP contribution is -2.38. The van der Waals surface area contributed by atoms with E-state index >= 15 is 0 Å². The van der Waals surface area contributed by atoms with E-state index in [0.29, 0.717) is 5.25 Å². The first kappa shape index (κ1) is 11.4. The van der Waals surface area contributed by atoms with Crippen LogP contribution in [0.15, 0.2) is 5.16 Å². The fourth-order valence-corrected chi connectivity index (χ4v) is 3.13. The maximum Gasteiger partial charge on any atom is 0.209 e. The van der Waals surface area contributed by atoms with Crippen molar-refractivity contribution in [2.75, 3.05) is 7.05 Å². The molecule has 7 heteroatoms. The molecule has 0 saturated heterocycles. The normalized spacial score (nSPS) is 29.2. The van der Waals surface area contributed by atoms with E-state index in [1.807, 2.05) is 14.1 Å². The van der Waals surface area contributed by atoms with Crippen LogP contribution in [-0.2, 0) is 7.05 Å². The van der Waals surface area contributed by atoms with Crippen LogP contribution >= 0.6 is 11.8 Å². The Bertz CT molecular complexity index is 410. The number of aryl methyl sites for hydroxylation is 1. The van der Waals surface area contributed by atoms with Gasteiger partial charge in [0.25, 0.3) is 0 Å². The van der Waals surface area contributed by atoms with Crippen molar-refractivity contribution in [2.24, 2.45) is 7.05 Å². The Kier molecular flexibility index (Phi) is 3.12. The minimum atomic E-state index is -0.357. The Morgan fingerprint density at radius 3 is 3.00 bits per heavy atom. The first-order valence-corrected chi connectivity index (χ1v) is 6.06. The lowest BCUT2D eigenvalue weighted by Gasteiger charge is -2.19. The first-order chi connectivity index (χ1) is 7.69. The smallest absolute Gasteiger partial charge is 0.209 e. The Morgan fingerprint density at radius 1 is 1.69 bits per heavy atom. The molecule has 1 fully saturated rings. The van der Waals surface area contributed by atoms with Crippen molar-refractivity contribution in [1.82, 2.24) is 25.5 Å². The second kappa shape index (κ2) is 4.39. The molecular weight excluding hydrogens is 224 g/mol. The van der Waals surface area contributed by atoms with Crippen LogP contribution in [0.4, 0.5) is 0 Å². The van der Waals surface area contributed by atoms with Gasteiger partial charge in [-0.05, 0) is 36.7 Å². The third kappa shape index (κ3) is 2.03. The molecule has 0 bridgehead atoms. The molecule has 1 aromatic heterocycles. The van der Waals surface area contributed by atoms with Gasteiger partial charge in [0.05, 0.1) is 6.07 Å². The number of nitriles is 1. The Labute approximate surface area is 98.4 Å². The molecule has 0 aromatic carbocycles. The molecule has 1 aliphatic carbocycles. The van der Waals surface area contributed by atoms with Gasteiger partial charge in [-0.3, -0.25) is 0 Å². The zero-order chi connectivity index (χ0) is 11.6. The minimum absolute atomic E-state index is 0.357. The average Bonchev–Trinajstić information content (AvgIpc) is 2.88. The summed E-state index contributed by atoms with van der Waals surface area (Å²) in [5, 5.41) is 24.8. The van der Waals surface area contributed by atoms with E-state index in [9.17, 15) is 0 Å². The molecule has 1 saturated carbocycles. The van der Waals surface area contributed by atoms with Crippen LogP contribution in [0.2, 0.25) is 0 Å². The largest absolute Gasteiger partial charge is 0.302 e. The van der Waals surface area contributed by atoms with Crippen molar-refractivity contribution < 1.29 is 0 Å². The predicted octanol–water partition coefficient (Wildman–Crippen LogP) is 0.336. The van der Waals surface area contributed by atoms with Crippen molar-refractivity contribution in [3.63, 3.8) is 0 Å². The van der Waals surface area contributed by atoms with Gasteiger partial charge in [0.1, 0.15) is 5.54 Å². The van der Waals surface area contributed by atoms with E-state index in [1.54, 1.807) is 16.4 Å². The summed E-state index contributed by atoms with van der Waals surface area (Å²) in [7, 11) is 3.67. The molecule has 1 N–H and O–H groups in total. The van der Waals surface area contributed by atoms with Gasteiger partial charge in [-0.15, -0.1) is 5.10 Å². The number of aromatic nitrogens is 4. The van der Waals surface area contributed by atoms with E-state index in [1.165, 1.54) is 0 Å². The van der Waals surface area contributed by atoms with Gasteiger partial charge in [-0.2, -0.15) is 5.26 Å². The highest BCUT2D eigenvalue weighted by Crippen LogP contribution is 2.38. The van der Waals surface area contributed by atoms with Crippen molar-refractivity contribution >= 4 is 11.8 Å². The molecule has 1 aromatic rings. The zero-order valence-corrected chi connectivity index (χ0v) is 10.2. The van der Waals surface area contributed by atoms with Crippen molar-refractivity contribution in [2.45, 2.75) is 35.2 Å². The van der Waals surface area contributed by atoms with Crippen molar-refractivity contribution in [3.05, 3.63) is 0 Å². The number of thioether (sulfide) groups is 1. The monoisotopic (exact) mass is 238 g/mol. The van der Waals surface area contributed by atoms with Gasteiger partial charge in [0, 0.05) is 12.3 Å². The molecule has 1 aliphatic rings. The maximum atomic E-state index is 9.15. The van der Waals surface area contributed by atoms with Crippen LogP contribution in [0.3, 0.4) is 0 Å². The highest BCUT2D eigenvalue weighted by Gasteiger charge is 2.39. The fourth-order valence-electron chi connectivity index (χ4n) is 1.96. The van der Waals surface area contributed by atoms with Gasteiger partial charge in [-0.1, -0.05) is 11.8 Å². The molecule has 16 heavy (non-hydrogen) atoms. The summed E-state index contributed by atoms with van der Waals surface area (Å²) < 4.78 is 1.66. The maximum absolute atomic E-state index is 9.15. The topological polar surface area (TPSA) is 79.4 Å². The summed E-state index contributed by atoms with van der Waals surface area (Å²) in [5.41, 5.74) is -0.357. The summed E-state index contributed by atoms with van der Waals surface area (Å²) in [4.78, 5) is 0. The highest BCUT2D eigenvalue weighted by molar-refractivity contribution is 7.99. The molecule has 0 aliphatic heterocycles. The first-order valence-electron chi connectivity index (χ1n) is 5.18. The van der Waals surface area contributed by atoms with E-state index in [2.05, 4.69) is 26.9 Å². The predicted molar refractivity (Wildman–Crippen MR) is 59.7 cm³/mol. The summed E-state index contributed by atoms with van der Waals surface area (Å²) in [6, 6.07) is 2.37. The van der Waals surface area contributed by atoms with Gasteiger partial charge < -0.3 is 5.32 Å². The number of rotatable bonds is 3. The van der Waals surface area contributed by atoms with Gasteiger partial charge >= 0.3 is 0 Å². The highest BCUT2D eigenvalue weighted by atomic mass is 32.2. The molecule has 2 rings (SSSR count). The van der Waals surface area contributed by atoms with Crippen LogP contribution < -0.4 is 5.32 Å². The molecule has 6 nitrogen and oxygen atoms in total. The van der Waals surface area contributed by atoms with Crippen LogP contribution in [0.5, 0.6) is 0 Å². The lowest BCUT2D eigenvalue weighted by atomic mass is 10.0. The Hall–Kier alpha value is -1.13. The lowest BCUT2D eigenvalue weighted by molar-refractivity contribution is 0.464. The van der Waals surface area contributed by atoms with E-state index in [0.717, 1.165) is 24.4 Å². The molecule has 1 heterocycles. The van der Waals surface area contributed by atoms with Crippen molar-refractivity contribution in [3.8, 4) is 6.07 Å². The van der Waals surface area contributed by atoms with Crippen LogP contribution in [0.1, 0.15) is 19.3 Å². The van der Waals surface area contributed by atoms with Crippen LogP contribution in [0, 0.1) is 11.3 Å². The number of hydrogen-bond donors (Lipinski definition) is 1. The van der Waals surface area contributed by atoms with Crippen LogP contribution in [-0.4, -0.2) is 38.0 Å². The van der Waals surface area contributed by atoms with Gasteiger partial charge in [0.2, 0.25) is 5.16 Å². The van der Waals surface area contributed by atoms with E-state index < -0.39 is 0 Å². The zero-order valence-electron chi connectivity index (χ0n) is 9.34. The second-order valence-corrected chi connectivity index (χ2v) is 5.28. The summed E-state index contributed by atoms with van der Waals surface area (Å²) in [6.45, 7) is 0. The summed E-state index contributed by atoms with van der Waals surface area (Å²) >= 11 is 1.65. The number of hydrogen-bond acceptors (Lipinski definition) is 6. The van der Waals surface area contributed by atoms with E-state index in [-0.39, 0.29) is 5.54 Å². The quantitative estimate of drug-likeness (QED) is 0.818. The standard InChI is InChI=1S/C9H14N6S/c1-11-9(6-10)4-3-7(5-9)16-8-12-13-14-15(8)2/h7,11H,3-5H2,1-2H3. The molecular formula is C9H14N6S. The fraction of sp³-hybridized carbons (Fsp3) is 0.778. The number of nitrogens with zero attached hydrogens (tertiary/aromatic N) is 5. The van der Waals surface area contributed by atoms with E-state index in [4.69, 9.17) is 5.26 Å². The second-order valence-electron chi connectivity index (χ2n) is 4.01. The molecule has 2 unspecified atom stereocenters. The molecule has 0 amide bonds. The molecule has 86 valence electrons. The number of nitrogens with one attached hydrogen (secondary N) is 1. The Balaban J connectivity index is 2.00. The number of tetrazole rings is 1. The summed E-state index contributed by atoms with van der Waals surface area (Å²) in [6.07, 6.45) is 2.76. The molecule has 0 radical (unpaired) electrons. The minimum Gasteiger partial charge on any atom is -0.302 e. The Morgan fingerprint density at radius 2 is 2.50 bits per heavy atom. The van der Waals surface area contributed by atoms with Crippen LogP contribution in [0.25, 0.3) is 0 Å². The average molecular weight is 238 g/mol.